The van der Waals surface area contributed by atoms with Gasteiger partial charge in [-0.3, -0.25) is 0 Å². The zero-order chi connectivity index (χ0) is 23.1. The summed E-state index contributed by atoms with van der Waals surface area (Å²) in [6.07, 6.45) is 0. The summed E-state index contributed by atoms with van der Waals surface area (Å²) < 4.78 is 26.8. The van der Waals surface area contributed by atoms with Crippen LogP contribution in [-0.4, -0.2) is 38.9 Å². The molecule has 1 aliphatic rings. The maximum atomic E-state index is 12.7. The molecule has 1 unspecified atom stereocenters. The molecule has 1 aromatic carbocycles. The Morgan fingerprint density at radius 1 is 1.26 bits per heavy atom. The zero-order valence-electron chi connectivity index (χ0n) is 17.6. The Morgan fingerprint density at radius 3 is 2.52 bits per heavy atom. The summed E-state index contributed by atoms with van der Waals surface area (Å²) in [4.78, 5) is 24.3. The van der Waals surface area contributed by atoms with E-state index in [2.05, 4.69) is 15.9 Å². The van der Waals surface area contributed by atoms with Gasteiger partial charge in [0.05, 0.1) is 36.3 Å². The summed E-state index contributed by atoms with van der Waals surface area (Å²) in [6.45, 7) is 5.01. The van der Waals surface area contributed by atoms with Gasteiger partial charge in [-0.05, 0) is 54.4 Å². The third kappa shape index (κ3) is 5.30. The van der Waals surface area contributed by atoms with E-state index >= 15 is 0 Å². The third-order valence-electron chi connectivity index (χ3n) is 4.33. The molecule has 0 saturated carbocycles. The molecule has 2 N–H and O–H groups in total. The molecule has 1 heterocycles. The zero-order valence-corrected chi connectivity index (χ0v) is 19.2. The average molecular weight is 495 g/mol. The molecule has 0 amide bonds. The number of ether oxygens (including phenoxy) is 5. The second-order valence-corrected chi connectivity index (χ2v) is 7.10. The van der Waals surface area contributed by atoms with E-state index in [4.69, 9.17) is 29.4 Å². The minimum Gasteiger partial charge on any atom is -0.493 e. The quantitative estimate of drug-likeness (QED) is 0.541. The Kier molecular flexibility index (Phi) is 8.33. The lowest BCUT2D eigenvalue weighted by Gasteiger charge is -2.27. The minimum absolute atomic E-state index is 0.0581. The summed E-state index contributed by atoms with van der Waals surface area (Å²) in [5.41, 5.74) is 6.65. The standard InChI is InChI=1S/C21H23BrN2O7/c1-5-28-16(25)10-30-19-14(22)7-12(8-15(19)27-4)18-13(9-23)20(24)31-11(3)17(18)21(26)29-6-2/h7-8,18H,5-6,10,24H2,1-4H3. The van der Waals surface area contributed by atoms with Gasteiger partial charge in [0.15, 0.2) is 18.1 Å². The van der Waals surface area contributed by atoms with Gasteiger partial charge >= 0.3 is 11.9 Å². The van der Waals surface area contributed by atoms with Crippen LogP contribution in [-0.2, 0) is 23.8 Å². The molecule has 2 rings (SSSR count). The monoisotopic (exact) mass is 494 g/mol. The van der Waals surface area contributed by atoms with Crippen LogP contribution < -0.4 is 15.2 Å². The van der Waals surface area contributed by atoms with Crippen LogP contribution in [0, 0.1) is 11.3 Å². The summed E-state index contributed by atoms with van der Waals surface area (Å²) in [7, 11) is 1.43. The molecule has 1 atom stereocenters. The predicted molar refractivity (Wildman–Crippen MR) is 113 cm³/mol. The first-order chi connectivity index (χ1) is 14.8. The van der Waals surface area contributed by atoms with Crippen molar-refractivity contribution in [3.05, 3.63) is 45.0 Å². The van der Waals surface area contributed by atoms with E-state index in [9.17, 15) is 14.9 Å². The summed E-state index contributed by atoms with van der Waals surface area (Å²) in [5, 5.41) is 9.69. The molecule has 31 heavy (non-hydrogen) atoms. The van der Waals surface area contributed by atoms with Gasteiger partial charge in [-0.2, -0.15) is 5.26 Å². The van der Waals surface area contributed by atoms with Crippen LogP contribution in [0.3, 0.4) is 0 Å². The van der Waals surface area contributed by atoms with Gasteiger partial charge in [0.1, 0.15) is 17.4 Å². The summed E-state index contributed by atoms with van der Waals surface area (Å²) in [5.74, 6) is -1.33. The lowest BCUT2D eigenvalue weighted by molar-refractivity contribution is -0.145. The van der Waals surface area contributed by atoms with Crippen LogP contribution in [0.1, 0.15) is 32.3 Å². The van der Waals surface area contributed by atoms with Crippen molar-refractivity contribution >= 4 is 27.9 Å². The number of rotatable bonds is 8. The molecule has 0 aliphatic carbocycles. The smallest absolute Gasteiger partial charge is 0.344 e. The SMILES string of the molecule is CCOC(=O)COc1c(Br)cc(C2C(C#N)=C(N)OC(C)=C2C(=O)OCC)cc1OC. The minimum atomic E-state index is -0.845. The fourth-order valence-electron chi connectivity index (χ4n) is 3.07. The molecule has 0 spiro atoms. The Hall–Kier alpha value is -3.19. The molecule has 9 nitrogen and oxygen atoms in total. The lowest BCUT2D eigenvalue weighted by atomic mass is 9.83. The van der Waals surface area contributed by atoms with Crippen molar-refractivity contribution in [2.24, 2.45) is 5.73 Å². The molecule has 0 fully saturated rings. The highest BCUT2D eigenvalue weighted by atomic mass is 79.9. The van der Waals surface area contributed by atoms with Crippen LogP contribution in [0.4, 0.5) is 0 Å². The van der Waals surface area contributed by atoms with E-state index in [1.807, 2.05) is 6.07 Å². The average Bonchev–Trinajstić information content (AvgIpc) is 2.72. The van der Waals surface area contributed by atoms with E-state index in [-0.39, 0.29) is 54.1 Å². The normalized spacial score (nSPS) is 15.7. The first-order valence-corrected chi connectivity index (χ1v) is 10.2. The number of nitrogens with zero attached hydrogens (tertiary/aromatic N) is 1. The molecule has 166 valence electrons. The van der Waals surface area contributed by atoms with Gasteiger partial charge < -0.3 is 29.4 Å². The highest BCUT2D eigenvalue weighted by Gasteiger charge is 2.37. The van der Waals surface area contributed by atoms with Crippen molar-refractivity contribution in [3.8, 4) is 17.6 Å². The van der Waals surface area contributed by atoms with Crippen molar-refractivity contribution in [3.63, 3.8) is 0 Å². The second kappa shape index (κ2) is 10.7. The number of nitrogens with two attached hydrogens (primary N) is 1. The van der Waals surface area contributed by atoms with Crippen LogP contribution in [0.15, 0.2) is 39.4 Å². The van der Waals surface area contributed by atoms with Gasteiger partial charge in [-0.1, -0.05) is 0 Å². The van der Waals surface area contributed by atoms with Crippen molar-refractivity contribution in [2.75, 3.05) is 26.9 Å². The van der Waals surface area contributed by atoms with E-state index in [1.54, 1.807) is 32.9 Å². The van der Waals surface area contributed by atoms with Crippen LogP contribution in [0.5, 0.6) is 11.5 Å². The molecule has 1 aromatic rings. The number of carbonyl (C=O) groups excluding carboxylic acids is 2. The van der Waals surface area contributed by atoms with Crippen molar-refractivity contribution in [1.82, 2.24) is 0 Å². The molecule has 0 saturated heterocycles. The number of nitriles is 1. The Balaban J connectivity index is 2.56. The largest absolute Gasteiger partial charge is 0.493 e. The lowest BCUT2D eigenvalue weighted by Crippen LogP contribution is -2.25. The first-order valence-electron chi connectivity index (χ1n) is 9.40. The fourth-order valence-corrected chi connectivity index (χ4v) is 3.64. The van der Waals surface area contributed by atoms with Gasteiger partial charge in [-0.15, -0.1) is 0 Å². The number of hydrogen-bond donors (Lipinski definition) is 1. The molecular formula is C21H23BrN2O7. The Morgan fingerprint density at radius 2 is 1.94 bits per heavy atom. The molecule has 1 aliphatic heterocycles. The van der Waals surface area contributed by atoms with E-state index < -0.39 is 17.9 Å². The number of allylic oxidation sites excluding steroid dienone is 2. The van der Waals surface area contributed by atoms with Crippen LogP contribution in [0.2, 0.25) is 0 Å². The molecule has 10 heteroatoms. The molecule has 0 bridgehead atoms. The highest BCUT2D eigenvalue weighted by molar-refractivity contribution is 9.10. The van der Waals surface area contributed by atoms with Crippen LogP contribution >= 0.6 is 15.9 Å². The van der Waals surface area contributed by atoms with E-state index in [0.29, 0.717) is 10.0 Å². The topological polar surface area (TPSA) is 130 Å². The van der Waals surface area contributed by atoms with Crippen molar-refractivity contribution in [1.29, 1.82) is 5.26 Å². The maximum absolute atomic E-state index is 12.7. The number of benzene rings is 1. The van der Waals surface area contributed by atoms with Crippen LogP contribution in [0.25, 0.3) is 0 Å². The van der Waals surface area contributed by atoms with Crippen molar-refractivity contribution < 1.29 is 33.3 Å². The molecular weight excluding hydrogens is 472 g/mol. The third-order valence-corrected chi connectivity index (χ3v) is 4.91. The van der Waals surface area contributed by atoms with Crippen molar-refractivity contribution in [2.45, 2.75) is 26.7 Å². The number of halogens is 1. The molecule has 0 radical (unpaired) electrons. The number of esters is 2. The van der Waals surface area contributed by atoms with Gasteiger partial charge in [-0.25, -0.2) is 9.59 Å². The Labute approximate surface area is 188 Å². The van der Waals surface area contributed by atoms with Gasteiger partial charge in [0, 0.05) is 0 Å². The maximum Gasteiger partial charge on any atom is 0.344 e. The fraction of sp³-hybridized carbons (Fsp3) is 0.381. The van der Waals surface area contributed by atoms with E-state index in [1.165, 1.54) is 7.11 Å². The van der Waals surface area contributed by atoms with E-state index in [0.717, 1.165) is 0 Å². The highest BCUT2D eigenvalue weighted by Crippen LogP contribution is 2.45. The summed E-state index contributed by atoms with van der Waals surface area (Å²) >= 11 is 3.40. The Bertz CT molecular complexity index is 979. The second-order valence-electron chi connectivity index (χ2n) is 6.24. The number of methoxy groups -OCH3 is 1. The number of carbonyl (C=O) groups is 2. The first kappa shape index (κ1) is 24.1. The summed E-state index contributed by atoms with van der Waals surface area (Å²) in [6, 6.07) is 5.26. The van der Waals surface area contributed by atoms with Gasteiger partial charge in [0.2, 0.25) is 5.88 Å². The number of hydrogen-bond acceptors (Lipinski definition) is 9. The van der Waals surface area contributed by atoms with Gasteiger partial charge in [0.25, 0.3) is 0 Å². The molecule has 0 aromatic heterocycles. The predicted octanol–water partition coefficient (Wildman–Crippen LogP) is 3.04.